The Morgan fingerprint density at radius 3 is 2.95 bits per heavy atom. The average molecular weight is 344 g/mol. The van der Waals surface area contributed by atoms with Crippen LogP contribution in [0.5, 0.6) is 0 Å². The standard InChI is InChI=1S/C14H16BrClN2O/c15-9-1-4-13(16)12(7-9)14(19)18-6-5-10-2-3-11(8-18)17-10/h1,4,7,10-11,17H,2-3,5-6,8H2. The van der Waals surface area contributed by atoms with Gasteiger partial charge in [-0.1, -0.05) is 27.5 Å². The first-order chi connectivity index (χ1) is 9.13. The van der Waals surface area contributed by atoms with Crippen molar-refractivity contribution in [2.24, 2.45) is 0 Å². The summed E-state index contributed by atoms with van der Waals surface area (Å²) in [7, 11) is 0. The molecule has 0 aliphatic carbocycles. The van der Waals surface area contributed by atoms with Crippen molar-refractivity contribution in [3.63, 3.8) is 0 Å². The molecule has 2 aliphatic heterocycles. The number of nitrogens with zero attached hydrogens (tertiary/aromatic N) is 1. The number of likely N-dealkylation sites (tertiary alicyclic amines) is 1. The summed E-state index contributed by atoms with van der Waals surface area (Å²) in [6, 6.07) is 6.45. The van der Waals surface area contributed by atoms with Crippen molar-refractivity contribution in [2.75, 3.05) is 13.1 Å². The van der Waals surface area contributed by atoms with Crippen LogP contribution in [0, 0.1) is 0 Å². The zero-order valence-corrected chi connectivity index (χ0v) is 12.9. The monoisotopic (exact) mass is 342 g/mol. The molecular formula is C14H16BrClN2O. The summed E-state index contributed by atoms with van der Waals surface area (Å²) < 4.78 is 0.884. The van der Waals surface area contributed by atoms with Crippen molar-refractivity contribution >= 4 is 33.4 Å². The minimum absolute atomic E-state index is 0.0423. The van der Waals surface area contributed by atoms with E-state index in [0.717, 1.165) is 24.0 Å². The van der Waals surface area contributed by atoms with Gasteiger partial charge < -0.3 is 10.2 Å². The van der Waals surface area contributed by atoms with Crippen molar-refractivity contribution in [3.8, 4) is 0 Å². The Hall–Kier alpha value is -0.580. The number of halogens is 2. The van der Waals surface area contributed by atoms with Crippen LogP contribution in [-0.2, 0) is 0 Å². The molecule has 5 heteroatoms. The normalized spacial score (nSPS) is 26.3. The van der Waals surface area contributed by atoms with Crippen molar-refractivity contribution < 1.29 is 4.79 Å². The number of benzene rings is 1. The lowest BCUT2D eigenvalue weighted by Crippen LogP contribution is -2.39. The van der Waals surface area contributed by atoms with Gasteiger partial charge in [0.05, 0.1) is 10.6 Å². The van der Waals surface area contributed by atoms with E-state index in [1.807, 2.05) is 11.0 Å². The molecule has 0 spiro atoms. The molecule has 102 valence electrons. The molecule has 3 nitrogen and oxygen atoms in total. The van der Waals surface area contributed by atoms with Crippen LogP contribution in [0.4, 0.5) is 0 Å². The smallest absolute Gasteiger partial charge is 0.255 e. The Morgan fingerprint density at radius 1 is 1.32 bits per heavy atom. The van der Waals surface area contributed by atoms with E-state index >= 15 is 0 Å². The molecular weight excluding hydrogens is 328 g/mol. The summed E-state index contributed by atoms with van der Waals surface area (Å²) in [5.41, 5.74) is 0.591. The maximum absolute atomic E-state index is 12.6. The maximum Gasteiger partial charge on any atom is 0.255 e. The van der Waals surface area contributed by atoms with E-state index in [4.69, 9.17) is 11.6 Å². The second kappa shape index (κ2) is 5.43. The highest BCUT2D eigenvalue weighted by molar-refractivity contribution is 9.10. The second-order valence-electron chi connectivity index (χ2n) is 5.30. The molecule has 2 saturated heterocycles. The Labute approximate surface area is 126 Å². The van der Waals surface area contributed by atoms with Gasteiger partial charge >= 0.3 is 0 Å². The molecule has 2 unspecified atom stereocenters. The van der Waals surface area contributed by atoms with E-state index < -0.39 is 0 Å². The lowest BCUT2D eigenvalue weighted by molar-refractivity contribution is 0.0748. The van der Waals surface area contributed by atoms with E-state index in [-0.39, 0.29) is 5.91 Å². The van der Waals surface area contributed by atoms with Crippen LogP contribution in [0.15, 0.2) is 22.7 Å². The van der Waals surface area contributed by atoms with Crippen LogP contribution in [0.3, 0.4) is 0 Å². The quantitative estimate of drug-likeness (QED) is 0.850. The topological polar surface area (TPSA) is 32.3 Å². The third kappa shape index (κ3) is 2.81. The summed E-state index contributed by atoms with van der Waals surface area (Å²) >= 11 is 9.54. The molecule has 1 amide bonds. The highest BCUT2D eigenvalue weighted by atomic mass is 79.9. The van der Waals surface area contributed by atoms with E-state index in [1.54, 1.807) is 12.1 Å². The summed E-state index contributed by atoms with van der Waals surface area (Å²) in [6.45, 7) is 1.61. The van der Waals surface area contributed by atoms with Crippen molar-refractivity contribution in [2.45, 2.75) is 31.3 Å². The van der Waals surface area contributed by atoms with Gasteiger partial charge in [0.25, 0.3) is 5.91 Å². The highest BCUT2D eigenvalue weighted by Crippen LogP contribution is 2.25. The summed E-state index contributed by atoms with van der Waals surface area (Å²) in [5, 5.41) is 4.10. The van der Waals surface area contributed by atoms with Gasteiger partial charge in [-0.2, -0.15) is 0 Å². The highest BCUT2D eigenvalue weighted by Gasteiger charge is 2.31. The number of hydrogen-bond donors (Lipinski definition) is 1. The second-order valence-corrected chi connectivity index (χ2v) is 6.62. The van der Waals surface area contributed by atoms with Gasteiger partial charge in [0.1, 0.15) is 0 Å². The number of nitrogens with one attached hydrogen (secondary N) is 1. The Kier molecular flexibility index (Phi) is 3.83. The SMILES string of the molecule is O=C(c1cc(Br)ccc1Cl)N1CCC2CCC(C1)N2. The fraction of sp³-hybridized carbons (Fsp3) is 0.500. The molecule has 2 bridgehead atoms. The predicted octanol–water partition coefficient (Wildman–Crippen LogP) is 3.07. The molecule has 2 atom stereocenters. The molecule has 0 saturated carbocycles. The number of carbonyl (C=O) groups excluding carboxylic acids is 1. The van der Waals surface area contributed by atoms with Gasteiger partial charge in [-0.25, -0.2) is 0 Å². The van der Waals surface area contributed by atoms with E-state index in [1.165, 1.54) is 12.8 Å². The Morgan fingerprint density at radius 2 is 2.11 bits per heavy atom. The fourth-order valence-electron chi connectivity index (χ4n) is 2.96. The van der Waals surface area contributed by atoms with Crippen LogP contribution in [0.1, 0.15) is 29.6 Å². The average Bonchev–Trinajstić information content (AvgIpc) is 2.71. The largest absolute Gasteiger partial charge is 0.337 e. The van der Waals surface area contributed by atoms with Gasteiger partial charge in [0.2, 0.25) is 0 Å². The van der Waals surface area contributed by atoms with Crippen LogP contribution >= 0.6 is 27.5 Å². The molecule has 1 aromatic rings. The third-order valence-corrected chi connectivity index (χ3v) is 4.79. The van der Waals surface area contributed by atoms with Crippen LogP contribution in [0.25, 0.3) is 0 Å². The third-order valence-electron chi connectivity index (χ3n) is 3.97. The Balaban J connectivity index is 1.81. The first kappa shape index (κ1) is 13.4. The molecule has 3 rings (SSSR count). The predicted molar refractivity (Wildman–Crippen MR) is 79.6 cm³/mol. The van der Waals surface area contributed by atoms with E-state index in [9.17, 15) is 4.79 Å². The van der Waals surface area contributed by atoms with E-state index in [0.29, 0.717) is 22.7 Å². The first-order valence-corrected chi connectivity index (χ1v) is 7.81. The van der Waals surface area contributed by atoms with Gasteiger partial charge in [-0.15, -0.1) is 0 Å². The van der Waals surface area contributed by atoms with Crippen LogP contribution in [-0.4, -0.2) is 36.0 Å². The molecule has 1 aromatic carbocycles. The number of amides is 1. The molecule has 19 heavy (non-hydrogen) atoms. The molecule has 2 fully saturated rings. The number of fused-ring (bicyclic) bond motifs is 2. The van der Waals surface area contributed by atoms with Gasteiger partial charge in [-0.3, -0.25) is 4.79 Å². The lowest BCUT2D eigenvalue weighted by atomic mass is 10.1. The zero-order valence-electron chi connectivity index (χ0n) is 10.5. The number of hydrogen-bond acceptors (Lipinski definition) is 2. The number of carbonyl (C=O) groups is 1. The van der Waals surface area contributed by atoms with Gasteiger partial charge in [0.15, 0.2) is 0 Å². The van der Waals surface area contributed by atoms with Crippen LogP contribution in [0.2, 0.25) is 5.02 Å². The molecule has 0 aromatic heterocycles. The minimum atomic E-state index is 0.0423. The lowest BCUT2D eigenvalue weighted by Gasteiger charge is -2.24. The summed E-state index contributed by atoms with van der Waals surface area (Å²) in [5.74, 6) is 0.0423. The molecule has 2 heterocycles. The first-order valence-electron chi connectivity index (χ1n) is 6.64. The molecule has 2 aliphatic rings. The van der Waals surface area contributed by atoms with Crippen molar-refractivity contribution in [1.29, 1.82) is 0 Å². The zero-order chi connectivity index (χ0) is 13.4. The summed E-state index contributed by atoms with van der Waals surface area (Å²) in [6.07, 6.45) is 3.44. The van der Waals surface area contributed by atoms with Gasteiger partial charge in [-0.05, 0) is 37.5 Å². The number of rotatable bonds is 1. The Bertz CT molecular complexity index is 508. The van der Waals surface area contributed by atoms with Gasteiger partial charge in [0, 0.05) is 29.6 Å². The van der Waals surface area contributed by atoms with Crippen molar-refractivity contribution in [3.05, 3.63) is 33.3 Å². The van der Waals surface area contributed by atoms with Crippen molar-refractivity contribution in [1.82, 2.24) is 10.2 Å². The fourth-order valence-corrected chi connectivity index (χ4v) is 3.52. The van der Waals surface area contributed by atoms with Crippen LogP contribution < -0.4 is 5.32 Å². The minimum Gasteiger partial charge on any atom is -0.337 e. The molecule has 0 radical (unpaired) electrons. The summed E-state index contributed by atoms with van der Waals surface area (Å²) in [4.78, 5) is 14.5. The maximum atomic E-state index is 12.6. The van der Waals surface area contributed by atoms with E-state index in [2.05, 4.69) is 21.2 Å². The molecule has 1 N–H and O–H groups in total.